The Morgan fingerprint density at radius 2 is 1.90 bits per heavy atom. The second kappa shape index (κ2) is 3.84. The van der Waals surface area contributed by atoms with Crippen LogP contribution in [0, 0.1) is 0 Å². The highest BCUT2D eigenvalue weighted by Gasteiger charge is 2.13. The summed E-state index contributed by atoms with van der Waals surface area (Å²) in [6, 6.07) is -0.507. The summed E-state index contributed by atoms with van der Waals surface area (Å²) in [4.78, 5) is 20.5. The Morgan fingerprint density at radius 1 is 1.40 bits per heavy atom. The quantitative estimate of drug-likeness (QED) is 0.402. The normalized spacial score (nSPS) is 12.5. The van der Waals surface area contributed by atoms with E-state index in [-0.39, 0.29) is 6.42 Å². The van der Waals surface area contributed by atoms with Gasteiger partial charge in [0, 0.05) is 12.8 Å². The van der Waals surface area contributed by atoms with Crippen LogP contribution in [0.2, 0.25) is 0 Å². The van der Waals surface area contributed by atoms with Crippen LogP contribution in [0.1, 0.15) is 12.8 Å². The van der Waals surface area contributed by atoms with Gasteiger partial charge in [0.15, 0.2) is 6.04 Å². The standard InChI is InChI=1S/C5H11N3O2/c6-3(5(8)10)1-2-4(7)9/h3H,1-2,6H2,(H2,7,9)(H2,8,10)/p+1/t3-/m0/s1. The maximum Gasteiger partial charge on any atom is 0.275 e. The summed E-state index contributed by atoms with van der Waals surface area (Å²) in [5.41, 5.74) is 13.1. The molecule has 0 spiro atoms. The third-order valence-electron chi connectivity index (χ3n) is 1.14. The summed E-state index contributed by atoms with van der Waals surface area (Å²) in [5.74, 6) is -0.934. The molecule has 7 N–H and O–H groups in total. The molecule has 2 amide bonds. The second-order valence-electron chi connectivity index (χ2n) is 2.10. The highest BCUT2D eigenvalue weighted by Crippen LogP contribution is 1.89. The molecule has 5 heteroatoms. The Balaban J connectivity index is 3.49. The average molecular weight is 146 g/mol. The molecule has 0 fully saturated rings. The van der Waals surface area contributed by atoms with Crippen LogP contribution in [0.5, 0.6) is 0 Å². The first-order valence-corrected chi connectivity index (χ1v) is 2.94. The lowest BCUT2D eigenvalue weighted by molar-refractivity contribution is -0.404. The highest BCUT2D eigenvalue weighted by molar-refractivity contribution is 5.79. The summed E-state index contributed by atoms with van der Waals surface area (Å²) in [5, 5.41) is 0. The molecule has 0 heterocycles. The molecule has 10 heavy (non-hydrogen) atoms. The molecule has 0 radical (unpaired) electrons. The first-order valence-electron chi connectivity index (χ1n) is 2.94. The third kappa shape index (κ3) is 3.85. The molecule has 0 aromatic heterocycles. The topological polar surface area (TPSA) is 114 Å². The molecule has 0 aliphatic carbocycles. The summed E-state index contributed by atoms with van der Waals surface area (Å²) in [7, 11) is 0. The second-order valence-corrected chi connectivity index (χ2v) is 2.10. The Hall–Kier alpha value is -1.10. The van der Waals surface area contributed by atoms with E-state index < -0.39 is 17.9 Å². The van der Waals surface area contributed by atoms with E-state index in [4.69, 9.17) is 11.5 Å². The van der Waals surface area contributed by atoms with Crippen molar-refractivity contribution in [3.63, 3.8) is 0 Å². The molecule has 0 rings (SSSR count). The van der Waals surface area contributed by atoms with Gasteiger partial charge in [0.2, 0.25) is 5.91 Å². The SMILES string of the molecule is NC(=O)CC[C@H]([NH3+])C(N)=O. The molecule has 0 aliphatic heterocycles. The van der Waals surface area contributed by atoms with E-state index in [0.29, 0.717) is 6.42 Å². The van der Waals surface area contributed by atoms with E-state index in [1.54, 1.807) is 0 Å². The van der Waals surface area contributed by atoms with E-state index in [0.717, 1.165) is 0 Å². The van der Waals surface area contributed by atoms with Crippen molar-refractivity contribution in [2.75, 3.05) is 0 Å². The van der Waals surface area contributed by atoms with Crippen molar-refractivity contribution in [2.45, 2.75) is 18.9 Å². The van der Waals surface area contributed by atoms with Crippen molar-refractivity contribution in [1.82, 2.24) is 0 Å². The molecule has 58 valence electrons. The van der Waals surface area contributed by atoms with E-state index >= 15 is 0 Å². The molecule has 0 unspecified atom stereocenters. The van der Waals surface area contributed by atoms with Crippen molar-refractivity contribution in [2.24, 2.45) is 11.5 Å². The van der Waals surface area contributed by atoms with Gasteiger partial charge in [0.1, 0.15) is 0 Å². The fourth-order valence-corrected chi connectivity index (χ4v) is 0.459. The molecule has 1 atom stereocenters. The lowest BCUT2D eigenvalue weighted by Crippen LogP contribution is -2.66. The van der Waals surface area contributed by atoms with Crippen LogP contribution in [0.4, 0.5) is 0 Å². The number of rotatable bonds is 4. The first kappa shape index (κ1) is 8.90. The number of amides is 2. The van der Waals surface area contributed by atoms with Gasteiger partial charge in [-0.2, -0.15) is 0 Å². The lowest BCUT2D eigenvalue weighted by atomic mass is 10.1. The monoisotopic (exact) mass is 146 g/mol. The summed E-state index contributed by atoms with van der Waals surface area (Å²) in [6.45, 7) is 0. The maximum absolute atomic E-state index is 10.3. The number of carbonyl (C=O) groups is 2. The molecule has 0 aliphatic rings. The number of quaternary nitrogens is 1. The van der Waals surface area contributed by atoms with Crippen molar-refractivity contribution >= 4 is 11.8 Å². The number of nitrogens with two attached hydrogens (primary N) is 2. The van der Waals surface area contributed by atoms with Gasteiger partial charge in [-0.15, -0.1) is 0 Å². The van der Waals surface area contributed by atoms with Gasteiger partial charge in [-0.1, -0.05) is 0 Å². The smallest absolute Gasteiger partial charge is 0.275 e. The zero-order valence-electron chi connectivity index (χ0n) is 5.67. The summed E-state index contributed by atoms with van der Waals surface area (Å²) < 4.78 is 0. The van der Waals surface area contributed by atoms with Crippen LogP contribution >= 0.6 is 0 Å². The highest BCUT2D eigenvalue weighted by atomic mass is 16.1. The van der Waals surface area contributed by atoms with Gasteiger partial charge < -0.3 is 17.2 Å². The van der Waals surface area contributed by atoms with Crippen LogP contribution in [0.3, 0.4) is 0 Å². The maximum atomic E-state index is 10.3. The largest absolute Gasteiger partial charge is 0.370 e. The predicted octanol–water partition coefficient (Wildman–Crippen LogP) is -2.65. The molecular formula is C5H12N3O2+. The van der Waals surface area contributed by atoms with Gasteiger partial charge in [-0.05, 0) is 0 Å². The van der Waals surface area contributed by atoms with Crippen LogP contribution in [0.15, 0.2) is 0 Å². The molecular weight excluding hydrogens is 134 g/mol. The van der Waals surface area contributed by atoms with Gasteiger partial charge >= 0.3 is 0 Å². The van der Waals surface area contributed by atoms with Crippen LogP contribution in [0.25, 0.3) is 0 Å². The van der Waals surface area contributed by atoms with Crippen molar-refractivity contribution in [3.8, 4) is 0 Å². The number of hydrogen-bond donors (Lipinski definition) is 3. The zero-order valence-corrected chi connectivity index (χ0v) is 5.67. The Labute approximate surface area is 58.5 Å². The van der Waals surface area contributed by atoms with Crippen LogP contribution in [-0.4, -0.2) is 17.9 Å². The minimum Gasteiger partial charge on any atom is -0.370 e. The Morgan fingerprint density at radius 3 is 2.20 bits per heavy atom. The molecule has 0 bridgehead atoms. The van der Waals surface area contributed by atoms with Crippen molar-refractivity contribution in [1.29, 1.82) is 0 Å². The van der Waals surface area contributed by atoms with E-state index in [2.05, 4.69) is 5.73 Å². The summed E-state index contributed by atoms with van der Waals surface area (Å²) >= 11 is 0. The molecule has 0 aromatic carbocycles. The fraction of sp³-hybridized carbons (Fsp3) is 0.600. The molecule has 0 saturated heterocycles. The Bertz CT molecular complexity index is 146. The number of carbonyl (C=O) groups excluding carboxylic acids is 2. The number of hydrogen-bond acceptors (Lipinski definition) is 2. The molecule has 0 saturated carbocycles. The van der Waals surface area contributed by atoms with E-state index in [9.17, 15) is 9.59 Å². The average Bonchev–Trinajstić information content (AvgIpc) is 1.82. The lowest BCUT2D eigenvalue weighted by Gasteiger charge is -1.99. The van der Waals surface area contributed by atoms with Gasteiger partial charge in [0.05, 0.1) is 0 Å². The molecule has 5 nitrogen and oxygen atoms in total. The van der Waals surface area contributed by atoms with Gasteiger partial charge in [0.25, 0.3) is 5.91 Å². The van der Waals surface area contributed by atoms with Gasteiger partial charge in [-0.25, -0.2) is 0 Å². The number of primary amides is 2. The Kier molecular flexibility index (Phi) is 3.42. The van der Waals surface area contributed by atoms with Gasteiger partial charge in [-0.3, -0.25) is 9.59 Å². The third-order valence-corrected chi connectivity index (χ3v) is 1.14. The summed E-state index contributed by atoms with van der Waals surface area (Å²) in [6.07, 6.45) is 0.502. The van der Waals surface area contributed by atoms with Crippen LogP contribution < -0.4 is 17.2 Å². The molecule has 0 aromatic rings. The van der Waals surface area contributed by atoms with Crippen LogP contribution in [-0.2, 0) is 9.59 Å². The van der Waals surface area contributed by atoms with Crippen molar-refractivity contribution < 1.29 is 15.3 Å². The zero-order chi connectivity index (χ0) is 8.15. The fourth-order valence-electron chi connectivity index (χ4n) is 0.459. The van der Waals surface area contributed by atoms with Crippen molar-refractivity contribution in [3.05, 3.63) is 0 Å². The minimum atomic E-state index is -0.507. The first-order chi connectivity index (χ1) is 4.54. The minimum absolute atomic E-state index is 0.164. The van der Waals surface area contributed by atoms with E-state index in [1.165, 1.54) is 0 Å². The predicted molar refractivity (Wildman–Crippen MR) is 34.3 cm³/mol. The van der Waals surface area contributed by atoms with E-state index in [1.807, 2.05) is 0 Å².